The predicted molar refractivity (Wildman–Crippen MR) is 133 cm³/mol. The number of hydrogen-bond donors (Lipinski definition) is 1. The molecule has 0 saturated heterocycles. The molecule has 0 aliphatic carbocycles. The van der Waals surface area contributed by atoms with E-state index in [2.05, 4.69) is 5.32 Å². The molecule has 5 nitrogen and oxygen atoms in total. The Labute approximate surface area is 201 Å². The molecule has 0 bridgehead atoms. The van der Waals surface area contributed by atoms with Gasteiger partial charge in [-0.25, -0.2) is 8.42 Å². The number of hydrogen-bond acceptors (Lipinski definition) is 3. The fourth-order valence-corrected chi connectivity index (χ4v) is 5.47. The fraction of sp³-hybridized carbons (Fsp3) is 0.269. The van der Waals surface area contributed by atoms with Gasteiger partial charge in [0, 0.05) is 23.2 Å². The molecule has 0 unspecified atom stereocenters. The largest absolute Gasteiger partial charge is 0.350 e. The third kappa shape index (κ3) is 6.22. The Morgan fingerprint density at radius 3 is 2.09 bits per heavy atom. The number of sulfonamides is 1. The number of nitrogens with one attached hydrogen (secondary N) is 1. The van der Waals surface area contributed by atoms with E-state index in [4.69, 9.17) is 11.6 Å². The Morgan fingerprint density at radius 1 is 0.939 bits per heavy atom. The summed E-state index contributed by atoms with van der Waals surface area (Å²) >= 11 is 5.99. The van der Waals surface area contributed by atoms with Crippen LogP contribution in [0.3, 0.4) is 0 Å². The van der Waals surface area contributed by atoms with Crippen LogP contribution in [-0.4, -0.2) is 24.7 Å². The molecule has 0 aliphatic rings. The van der Waals surface area contributed by atoms with Crippen molar-refractivity contribution in [2.45, 2.75) is 50.7 Å². The monoisotopic (exact) mass is 484 g/mol. The second-order valence-electron chi connectivity index (χ2n) is 8.16. The molecule has 0 spiro atoms. The summed E-state index contributed by atoms with van der Waals surface area (Å²) in [6.45, 7) is 5.95. The molecular weight excluding hydrogens is 456 g/mol. The van der Waals surface area contributed by atoms with Crippen molar-refractivity contribution >= 4 is 27.5 Å². The molecule has 3 rings (SSSR count). The summed E-state index contributed by atoms with van der Waals surface area (Å²) in [4.78, 5) is 12.5. The highest BCUT2D eigenvalue weighted by Gasteiger charge is 2.31. The lowest BCUT2D eigenvalue weighted by Gasteiger charge is -2.31. The van der Waals surface area contributed by atoms with E-state index in [-0.39, 0.29) is 29.4 Å². The maximum absolute atomic E-state index is 13.7. The summed E-state index contributed by atoms with van der Waals surface area (Å²) in [6.07, 6.45) is 0.603. The Balaban J connectivity index is 1.98. The van der Waals surface area contributed by atoms with Crippen LogP contribution in [0.5, 0.6) is 0 Å². The van der Waals surface area contributed by atoms with Crippen LogP contribution in [0, 0.1) is 0 Å². The SMILES string of the molecule is CC[C@@H](c1ccccc1)N(Cc1ccc(C(=O)NC(C)C)cc1)S(=O)(=O)c1ccc(Cl)cc1. The van der Waals surface area contributed by atoms with Crippen molar-refractivity contribution in [2.75, 3.05) is 0 Å². The van der Waals surface area contributed by atoms with Crippen molar-refractivity contribution in [1.82, 2.24) is 9.62 Å². The van der Waals surface area contributed by atoms with Crippen molar-refractivity contribution in [3.05, 3.63) is 101 Å². The second kappa shape index (κ2) is 11.0. The third-order valence-electron chi connectivity index (χ3n) is 5.31. The van der Waals surface area contributed by atoms with Crippen LogP contribution < -0.4 is 5.32 Å². The highest BCUT2D eigenvalue weighted by molar-refractivity contribution is 7.89. The Kier molecular flexibility index (Phi) is 8.30. The smallest absolute Gasteiger partial charge is 0.251 e. The van der Waals surface area contributed by atoms with Crippen LogP contribution in [0.25, 0.3) is 0 Å². The molecular formula is C26H29ClN2O3S. The van der Waals surface area contributed by atoms with Crippen LogP contribution in [0.1, 0.15) is 54.7 Å². The van der Waals surface area contributed by atoms with Crippen molar-refractivity contribution < 1.29 is 13.2 Å². The molecule has 0 aromatic heterocycles. The lowest BCUT2D eigenvalue weighted by atomic mass is 10.0. The Bertz CT molecular complexity index is 1160. The zero-order chi connectivity index (χ0) is 24.0. The topological polar surface area (TPSA) is 66.5 Å². The minimum absolute atomic E-state index is 0.0355. The number of carbonyl (C=O) groups is 1. The first-order valence-electron chi connectivity index (χ1n) is 10.9. The molecule has 7 heteroatoms. The number of carbonyl (C=O) groups excluding carboxylic acids is 1. The quantitative estimate of drug-likeness (QED) is 0.416. The van der Waals surface area contributed by atoms with E-state index in [0.29, 0.717) is 17.0 Å². The lowest BCUT2D eigenvalue weighted by molar-refractivity contribution is 0.0943. The number of amides is 1. The maximum Gasteiger partial charge on any atom is 0.251 e. The summed E-state index contributed by atoms with van der Waals surface area (Å²) in [5.74, 6) is -0.155. The van der Waals surface area contributed by atoms with E-state index >= 15 is 0 Å². The lowest BCUT2D eigenvalue weighted by Crippen LogP contribution is -2.34. The first kappa shape index (κ1) is 25.0. The average molecular weight is 485 g/mol. The van der Waals surface area contributed by atoms with Gasteiger partial charge in [0.05, 0.1) is 10.9 Å². The van der Waals surface area contributed by atoms with Gasteiger partial charge in [0.15, 0.2) is 0 Å². The molecule has 33 heavy (non-hydrogen) atoms. The van der Waals surface area contributed by atoms with E-state index in [1.807, 2.05) is 51.1 Å². The molecule has 3 aromatic carbocycles. The van der Waals surface area contributed by atoms with Gasteiger partial charge in [-0.2, -0.15) is 4.31 Å². The van der Waals surface area contributed by atoms with E-state index in [0.717, 1.165) is 11.1 Å². The Morgan fingerprint density at radius 2 is 1.55 bits per heavy atom. The van der Waals surface area contributed by atoms with E-state index in [1.54, 1.807) is 36.4 Å². The van der Waals surface area contributed by atoms with Gasteiger partial charge in [-0.3, -0.25) is 4.79 Å². The van der Waals surface area contributed by atoms with Gasteiger partial charge >= 0.3 is 0 Å². The van der Waals surface area contributed by atoms with Gasteiger partial charge in [-0.15, -0.1) is 0 Å². The Hall–Kier alpha value is -2.67. The van der Waals surface area contributed by atoms with Crippen molar-refractivity contribution in [3.8, 4) is 0 Å². The molecule has 1 atom stereocenters. The van der Waals surface area contributed by atoms with Crippen LogP contribution in [0.15, 0.2) is 83.8 Å². The fourth-order valence-electron chi connectivity index (χ4n) is 3.67. The molecule has 0 heterocycles. The normalized spacial score (nSPS) is 12.7. The molecule has 1 N–H and O–H groups in total. The molecule has 3 aromatic rings. The molecule has 0 saturated carbocycles. The van der Waals surface area contributed by atoms with E-state index in [9.17, 15) is 13.2 Å². The van der Waals surface area contributed by atoms with E-state index < -0.39 is 10.0 Å². The van der Waals surface area contributed by atoms with Crippen molar-refractivity contribution in [2.24, 2.45) is 0 Å². The van der Waals surface area contributed by atoms with Crippen LogP contribution in [0.2, 0.25) is 5.02 Å². The number of rotatable bonds is 9. The van der Waals surface area contributed by atoms with Gasteiger partial charge in [0.1, 0.15) is 0 Å². The maximum atomic E-state index is 13.7. The molecule has 1 amide bonds. The minimum Gasteiger partial charge on any atom is -0.350 e. The average Bonchev–Trinajstić information content (AvgIpc) is 2.80. The number of benzene rings is 3. The van der Waals surface area contributed by atoms with Gasteiger partial charge in [0.2, 0.25) is 10.0 Å². The molecule has 0 fully saturated rings. The summed E-state index contributed by atoms with van der Waals surface area (Å²) in [5.41, 5.74) is 2.25. The van der Waals surface area contributed by atoms with Crippen molar-refractivity contribution in [3.63, 3.8) is 0 Å². The van der Waals surface area contributed by atoms with Gasteiger partial charge in [-0.1, -0.05) is 61.0 Å². The molecule has 0 radical (unpaired) electrons. The van der Waals surface area contributed by atoms with Crippen LogP contribution in [-0.2, 0) is 16.6 Å². The van der Waals surface area contributed by atoms with E-state index in [1.165, 1.54) is 16.4 Å². The molecule has 0 aliphatic heterocycles. The highest BCUT2D eigenvalue weighted by Crippen LogP contribution is 2.32. The first-order chi connectivity index (χ1) is 15.7. The molecule has 174 valence electrons. The summed E-state index contributed by atoms with van der Waals surface area (Å²) in [7, 11) is -3.82. The van der Waals surface area contributed by atoms with Crippen LogP contribution >= 0.6 is 11.6 Å². The summed E-state index contributed by atoms with van der Waals surface area (Å²) < 4.78 is 29.0. The minimum atomic E-state index is -3.82. The summed E-state index contributed by atoms with van der Waals surface area (Å²) in [6, 6.07) is 22.6. The predicted octanol–water partition coefficient (Wildman–Crippen LogP) is 5.82. The van der Waals surface area contributed by atoms with Gasteiger partial charge in [-0.05, 0) is 67.8 Å². The third-order valence-corrected chi connectivity index (χ3v) is 7.43. The summed E-state index contributed by atoms with van der Waals surface area (Å²) in [5, 5.41) is 3.34. The van der Waals surface area contributed by atoms with Gasteiger partial charge in [0.25, 0.3) is 5.91 Å². The number of nitrogens with zero attached hydrogens (tertiary/aromatic N) is 1. The van der Waals surface area contributed by atoms with Gasteiger partial charge < -0.3 is 5.32 Å². The highest BCUT2D eigenvalue weighted by atomic mass is 35.5. The zero-order valence-electron chi connectivity index (χ0n) is 19.0. The zero-order valence-corrected chi connectivity index (χ0v) is 20.6. The number of halogens is 1. The first-order valence-corrected chi connectivity index (χ1v) is 12.8. The standard InChI is InChI=1S/C26H29ClN2O3S/c1-4-25(21-8-6-5-7-9-21)29(33(31,32)24-16-14-23(27)15-17-24)18-20-10-12-22(13-11-20)26(30)28-19(2)3/h5-17,19,25H,4,18H2,1-3H3,(H,28,30)/t25-/m0/s1. The van der Waals surface area contributed by atoms with Crippen molar-refractivity contribution in [1.29, 1.82) is 0 Å². The van der Waals surface area contributed by atoms with Crippen LogP contribution in [0.4, 0.5) is 0 Å². The second-order valence-corrected chi connectivity index (χ2v) is 10.5.